The Morgan fingerprint density at radius 2 is 2.04 bits per heavy atom. The van der Waals surface area contributed by atoms with Crippen LogP contribution in [0.2, 0.25) is 5.02 Å². The molecule has 1 saturated carbocycles. The van der Waals surface area contributed by atoms with Gasteiger partial charge in [0.15, 0.2) is 5.82 Å². The fourth-order valence-corrected chi connectivity index (χ4v) is 2.52. The summed E-state index contributed by atoms with van der Waals surface area (Å²) in [5.74, 6) is -1.74. The number of aryl methyl sites for hydroxylation is 1. The standard InChI is InChI=1S/C15H14ClN3O4/c1-7-17-13(19-23-7)12(8-2-4-9(16)5-3-8)18-14(20)10-6-11(10)15(21)22/h2-5,10-12H,6H2,1H3,(H,18,20)(H,21,22)/t10-,11+,12+/m0/s1. The molecule has 1 amide bonds. The highest BCUT2D eigenvalue weighted by atomic mass is 35.5. The molecular formula is C15H14ClN3O4. The first-order chi connectivity index (χ1) is 11.0. The maximum absolute atomic E-state index is 12.3. The van der Waals surface area contributed by atoms with Crippen molar-refractivity contribution in [3.8, 4) is 0 Å². The number of benzene rings is 1. The summed E-state index contributed by atoms with van der Waals surface area (Å²) in [6, 6.07) is 6.27. The number of hydrogen-bond acceptors (Lipinski definition) is 5. The van der Waals surface area contributed by atoms with Crippen LogP contribution in [0.1, 0.15) is 29.7 Å². The van der Waals surface area contributed by atoms with Gasteiger partial charge in [-0.05, 0) is 24.1 Å². The van der Waals surface area contributed by atoms with E-state index in [-0.39, 0.29) is 5.91 Å². The van der Waals surface area contributed by atoms with E-state index in [1.54, 1.807) is 31.2 Å². The van der Waals surface area contributed by atoms with E-state index in [2.05, 4.69) is 15.5 Å². The Labute approximate surface area is 136 Å². The van der Waals surface area contributed by atoms with E-state index in [4.69, 9.17) is 21.2 Å². The fraction of sp³-hybridized carbons (Fsp3) is 0.333. The third kappa shape index (κ3) is 3.34. The number of halogens is 1. The van der Waals surface area contributed by atoms with Gasteiger partial charge in [-0.1, -0.05) is 28.9 Å². The second-order valence-electron chi connectivity index (χ2n) is 5.45. The molecule has 23 heavy (non-hydrogen) atoms. The van der Waals surface area contributed by atoms with Gasteiger partial charge in [0.2, 0.25) is 11.8 Å². The van der Waals surface area contributed by atoms with Gasteiger partial charge in [0.05, 0.1) is 11.8 Å². The molecule has 0 spiro atoms. The summed E-state index contributed by atoms with van der Waals surface area (Å²) in [5, 5.41) is 16.2. The number of carboxylic acid groups (broad SMARTS) is 1. The number of rotatable bonds is 5. The van der Waals surface area contributed by atoms with Crippen molar-refractivity contribution in [1.29, 1.82) is 0 Å². The molecule has 1 aromatic carbocycles. The van der Waals surface area contributed by atoms with Gasteiger partial charge in [0, 0.05) is 11.9 Å². The summed E-state index contributed by atoms with van der Waals surface area (Å²) in [5.41, 5.74) is 0.732. The van der Waals surface area contributed by atoms with Crippen molar-refractivity contribution in [2.24, 2.45) is 11.8 Å². The van der Waals surface area contributed by atoms with Crippen molar-refractivity contribution in [2.45, 2.75) is 19.4 Å². The molecule has 1 aromatic heterocycles. The average Bonchev–Trinajstić information content (AvgIpc) is 3.22. The molecule has 0 aliphatic heterocycles. The van der Waals surface area contributed by atoms with Gasteiger partial charge >= 0.3 is 5.97 Å². The number of aliphatic carboxylic acids is 1. The molecule has 1 heterocycles. The quantitative estimate of drug-likeness (QED) is 0.865. The zero-order valence-corrected chi connectivity index (χ0v) is 12.9. The lowest BCUT2D eigenvalue weighted by atomic mass is 10.1. The van der Waals surface area contributed by atoms with Gasteiger partial charge in [0.25, 0.3) is 0 Å². The summed E-state index contributed by atoms with van der Waals surface area (Å²) in [6.07, 6.45) is 0.347. The van der Waals surface area contributed by atoms with Crippen LogP contribution in [-0.2, 0) is 9.59 Å². The highest BCUT2D eigenvalue weighted by molar-refractivity contribution is 6.30. The number of amides is 1. The Morgan fingerprint density at radius 1 is 1.35 bits per heavy atom. The van der Waals surface area contributed by atoms with Crippen molar-refractivity contribution >= 4 is 23.5 Å². The third-order valence-corrected chi connectivity index (χ3v) is 3.99. The first-order valence-corrected chi connectivity index (χ1v) is 7.42. The van der Waals surface area contributed by atoms with E-state index in [0.717, 1.165) is 5.56 Å². The fourth-order valence-electron chi connectivity index (χ4n) is 2.39. The van der Waals surface area contributed by atoms with Gasteiger partial charge in [-0.2, -0.15) is 4.98 Å². The van der Waals surface area contributed by atoms with Crippen molar-refractivity contribution in [2.75, 3.05) is 0 Å². The second kappa shape index (κ2) is 6.00. The van der Waals surface area contributed by atoms with Crippen LogP contribution in [0.5, 0.6) is 0 Å². The van der Waals surface area contributed by atoms with Gasteiger partial charge in [-0.3, -0.25) is 9.59 Å². The summed E-state index contributed by atoms with van der Waals surface area (Å²) in [6.45, 7) is 1.65. The van der Waals surface area contributed by atoms with E-state index in [9.17, 15) is 9.59 Å². The highest BCUT2D eigenvalue weighted by Gasteiger charge is 2.48. The Balaban J connectivity index is 1.83. The van der Waals surface area contributed by atoms with Crippen LogP contribution in [0.15, 0.2) is 28.8 Å². The predicted molar refractivity (Wildman–Crippen MR) is 79.7 cm³/mol. The Kier molecular flexibility index (Phi) is 4.04. The van der Waals surface area contributed by atoms with Crippen LogP contribution in [0, 0.1) is 18.8 Å². The maximum atomic E-state index is 12.3. The lowest BCUT2D eigenvalue weighted by Gasteiger charge is -2.16. The first-order valence-electron chi connectivity index (χ1n) is 7.04. The third-order valence-electron chi connectivity index (χ3n) is 3.74. The van der Waals surface area contributed by atoms with Crippen LogP contribution in [0.3, 0.4) is 0 Å². The van der Waals surface area contributed by atoms with Crippen LogP contribution in [-0.4, -0.2) is 27.1 Å². The number of carbonyl (C=O) groups excluding carboxylic acids is 1. The normalized spacial score (nSPS) is 20.8. The molecule has 3 rings (SSSR count). The minimum absolute atomic E-state index is 0.311. The molecule has 8 heteroatoms. The molecule has 2 aromatic rings. The number of nitrogens with zero attached hydrogens (tertiary/aromatic N) is 2. The smallest absolute Gasteiger partial charge is 0.307 e. The van der Waals surface area contributed by atoms with Crippen LogP contribution in [0.4, 0.5) is 0 Å². The van der Waals surface area contributed by atoms with Crippen molar-refractivity contribution in [3.63, 3.8) is 0 Å². The van der Waals surface area contributed by atoms with Crippen LogP contribution >= 0.6 is 11.6 Å². The minimum atomic E-state index is -0.955. The minimum Gasteiger partial charge on any atom is -0.481 e. The molecule has 0 radical (unpaired) electrons. The molecular weight excluding hydrogens is 322 g/mol. The number of aromatic nitrogens is 2. The van der Waals surface area contributed by atoms with Gasteiger partial charge in [-0.15, -0.1) is 0 Å². The summed E-state index contributed by atoms with van der Waals surface area (Å²) >= 11 is 5.88. The SMILES string of the molecule is Cc1nc([C@H](NC(=O)[C@H]2C[C@H]2C(=O)O)c2ccc(Cl)cc2)no1. The van der Waals surface area contributed by atoms with E-state index in [0.29, 0.717) is 23.2 Å². The molecule has 2 N–H and O–H groups in total. The summed E-state index contributed by atoms with van der Waals surface area (Å²) in [7, 11) is 0. The summed E-state index contributed by atoms with van der Waals surface area (Å²) in [4.78, 5) is 27.3. The zero-order chi connectivity index (χ0) is 16.6. The topological polar surface area (TPSA) is 105 Å². The Hall–Kier alpha value is -2.41. The number of nitrogens with one attached hydrogen (secondary N) is 1. The van der Waals surface area contributed by atoms with E-state index >= 15 is 0 Å². The molecule has 1 fully saturated rings. The molecule has 120 valence electrons. The van der Waals surface area contributed by atoms with Gasteiger partial charge in [0.1, 0.15) is 6.04 Å². The molecule has 1 aliphatic carbocycles. The molecule has 0 unspecified atom stereocenters. The average molecular weight is 336 g/mol. The Morgan fingerprint density at radius 3 is 2.57 bits per heavy atom. The predicted octanol–water partition coefficient (Wildman–Crippen LogP) is 1.96. The molecule has 1 aliphatic rings. The number of carbonyl (C=O) groups is 2. The van der Waals surface area contributed by atoms with Crippen molar-refractivity contribution < 1.29 is 19.2 Å². The van der Waals surface area contributed by atoms with E-state index in [1.807, 2.05) is 0 Å². The lowest BCUT2D eigenvalue weighted by Crippen LogP contribution is -2.32. The molecule has 7 nitrogen and oxygen atoms in total. The number of hydrogen-bond donors (Lipinski definition) is 2. The van der Waals surface area contributed by atoms with Gasteiger partial charge < -0.3 is 14.9 Å². The summed E-state index contributed by atoms with van der Waals surface area (Å²) < 4.78 is 4.98. The highest BCUT2D eigenvalue weighted by Crippen LogP contribution is 2.39. The van der Waals surface area contributed by atoms with Crippen molar-refractivity contribution in [3.05, 3.63) is 46.6 Å². The lowest BCUT2D eigenvalue weighted by molar-refractivity contribution is -0.140. The second-order valence-corrected chi connectivity index (χ2v) is 5.89. The van der Waals surface area contributed by atoms with Crippen LogP contribution < -0.4 is 5.32 Å². The van der Waals surface area contributed by atoms with Gasteiger partial charge in [-0.25, -0.2) is 0 Å². The maximum Gasteiger partial charge on any atom is 0.307 e. The molecule has 0 bridgehead atoms. The Bertz CT molecular complexity index is 743. The van der Waals surface area contributed by atoms with Crippen LogP contribution in [0.25, 0.3) is 0 Å². The van der Waals surface area contributed by atoms with E-state index in [1.165, 1.54) is 0 Å². The zero-order valence-electron chi connectivity index (χ0n) is 12.2. The molecule has 3 atom stereocenters. The molecule has 0 saturated heterocycles. The monoisotopic (exact) mass is 335 g/mol. The van der Waals surface area contributed by atoms with Crippen molar-refractivity contribution in [1.82, 2.24) is 15.5 Å². The number of carboxylic acids is 1. The first kappa shape index (κ1) is 15.5. The largest absolute Gasteiger partial charge is 0.481 e. The van der Waals surface area contributed by atoms with E-state index < -0.39 is 23.8 Å².